The van der Waals surface area contributed by atoms with E-state index in [1.165, 1.54) is 24.8 Å². The van der Waals surface area contributed by atoms with E-state index in [0.29, 0.717) is 30.6 Å². The molecule has 0 aromatic heterocycles. The van der Waals surface area contributed by atoms with Gasteiger partial charge in [-0.15, -0.1) is 0 Å². The van der Waals surface area contributed by atoms with Gasteiger partial charge in [-0.1, -0.05) is 53.2 Å². The second-order valence-corrected chi connectivity index (χ2v) is 13.6. The van der Waals surface area contributed by atoms with Crippen LogP contribution >= 0.6 is 0 Å². The summed E-state index contributed by atoms with van der Waals surface area (Å²) < 4.78 is 0. The van der Waals surface area contributed by atoms with E-state index in [1.54, 1.807) is 0 Å². The van der Waals surface area contributed by atoms with Crippen molar-refractivity contribution in [3.05, 3.63) is 11.6 Å². The molecule has 5 aliphatic rings. The summed E-state index contributed by atoms with van der Waals surface area (Å²) in [6.45, 7) is 14.4. The van der Waals surface area contributed by atoms with Crippen LogP contribution in [0.3, 0.4) is 0 Å². The third-order valence-corrected chi connectivity index (χ3v) is 12.1. The fourth-order valence-corrected chi connectivity index (χ4v) is 9.96. The first kappa shape index (κ1) is 23.4. The Labute approximate surface area is 196 Å². The number of allylic oxidation sites excluding steroid dienone is 1. The highest BCUT2D eigenvalue weighted by atomic mass is 16.3. The topological polar surface area (TPSA) is 60.7 Å². The minimum atomic E-state index is -0.551. The number of fused-ring (bicyclic) bond motifs is 5. The van der Waals surface area contributed by atoms with E-state index in [2.05, 4.69) is 47.6 Å². The summed E-state index contributed by atoms with van der Waals surface area (Å²) in [5.41, 5.74) is 1.05. The van der Waals surface area contributed by atoms with Crippen molar-refractivity contribution in [3.8, 4) is 0 Å². The van der Waals surface area contributed by atoms with Gasteiger partial charge in [0.25, 0.3) is 0 Å². The van der Waals surface area contributed by atoms with Crippen molar-refractivity contribution in [1.29, 1.82) is 0 Å². The molecule has 13 atom stereocenters. The molecule has 0 amide bonds. The van der Waals surface area contributed by atoms with Gasteiger partial charge < -0.3 is 15.3 Å². The van der Waals surface area contributed by atoms with Crippen LogP contribution in [-0.4, -0.2) is 33.6 Å². The zero-order chi connectivity index (χ0) is 23.2. The van der Waals surface area contributed by atoms with Gasteiger partial charge in [-0.2, -0.15) is 0 Å². The van der Waals surface area contributed by atoms with E-state index in [1.807, 2.05) is 0 Å². The van der Waals surface area contributed by atoms with Crippen LogP contribution in [0.2, 0.25) is 0 Å². The number of hydrogen-bond donors (Lipinski definition) is 3. The Balaban J connectivity index is 1.39. The number of aliphatic hydroxyl groups excluding tert-OH is 3. The van der Waals surface area contributed by atoms with Crippen LogP contribution in [0.4, 0.5) is 0 Å². The van der Waals surface area contributed by atoms with Gasteiger partial charge in [0, 0.05) is 11.8 Å². The van der Waals surface area contributed by atoms with Crippen molar-refractivity contribution in [1.82, 2.24) is 0 Å². The van der Waals surface area contributed by atoms with Crippen LogP contribution in [0.15, 0.2) is 11.6 Å². The van der Waals surface area contributed by atoms with E-state index >= 15 is 0 Å². The first-order valence-corrected chi connectivity index (χ1v) is 13.7. The highest BCUT2D eigenvalue weighted by Crippen LogP contribution is 2.69. The summed E-state index contributed by atoms with van der Waals surface area (Å²) in [5, 5.41) is 33.1. The third-order valence-electron chi connectivity index (χ3n) is 12.1. The Morgan fingerprint density at radius 1 is 0.969 bits per heavy atom. The van der Waals surface area contributed by atoms with E-state index in [-0.39, 0.29) is 22.9 Å². The fourth-order valence-electron chi connectivity index (χ4n) is 9.96. The SMILES string of the molecule is CC(C)[C@@H](C)C1CC1[C@@H](C)[C@H]1CCC2C3CC=C4C[C@@H](O)C[C@H](O)[C@]4(C)C3[C@H](O)C[C@@]21C. The molecule has 3 nitrogen and oxygen atoms in total. The Hall–Kier alpha value is -0.380. The average molecular weight is 445 g/mol. The van der Waals surface area contributed by atoms with Gasteiger partial charge in [0.1, 0.15) is 0 Å². The quantitative estimate of drug-likeness (QED) is 0.507. The molecule has 0 aromatic carbocycles. The lowest BCUT2D eigenvalue weighted by molar-refractivity contribution is -0.159. The maximum Gasteiger partial charge on any atom is 0.0659 e. The van der Waals surface area contributed by atoms with Crippen molar-refractivity contribution in [2.75, 3.05) is 0 Å². The second kappa shape index (κ2) is 7.82. The van der Waals surface area contributed by atoms with Gasteiger partial charge in [0.2, 0.25) is 0 Å². The van der Waals surface area contributed by atoms with E-state index < -0.39 is 12.2 Å². The molecule has 5 rings (SSSR count). The zero-order valence-corrected chi connectivity index (χ0v) is 21.3. The van der Waals surface area contributed by atoms with Crippen LogP contribution in [0, 0.1) is 64.1 Å². The Bertz CT molecular complexity index is 760. The molecule has 0 radical (unpaired) electrons. The second-order valence-electron chi connectivity index (χ2n) is 13.6. The number of hydrogen-bond acceptors (Lipinski definition) is 3. The Kier molecular flexibility index (Phi) is 5.71. The molecule has 5 aliphatic carbocycles. The number of rotatable bonds is 4. The molecular formula is C29H48O3. The largest absolute Gasteiger partial charge is 0.393 e. The summed E-state index contributed by atoms with van der Waals surface area (Å²) >= 11 is 0. The maximum absolute atomic E-state index is 11.7. The lowest BCUT2D eigenvalue weighted by Crippen LogP contribution is -2.60. The smallest absolute Gasteiger partial charge is 0.0659 e. The van der Waals surface area contributed by atoms with Gasteiger partial charge in [-0.25, -0.2) is 0 Å². The normalized spacial score (nSPS) is 54.3. The van der Waals surface area contributed by atoms with Crippen LogP contribution < -0.4 is 0 Å². The highest BCUT2D eigenvalue weighted by Gasteiger charge is 2.64. The molecular weight excluding hydrogens is 396 g/mol. The van der Waals surface area contributed by atoms with E-state index in [9.17, 15) is 15.3 Å². The molecule has 0 aromatic rings. The van der Waals surface area contributed by atoms with Crippen LogP contribution in [0.1, 0.15) is 86.5 Å². The minimum absolute atomic E-state index is 0.131. The maximum atomic E-state index is 11.7. The number of aliphatic hydroxyl groups is 3. The Morgan fingerprint density at radius 3 is 2.38 bits per heavy atom. The molecule has 4 fully saturated rings. The highest BCUT2D eigenvalue weighted by molar-refractivity contribution is 5.29. The van der Waals surface area contributed by atoms with Gasteiger partial charge in [0.05, 0.1) is 18.3 Å². The molecule has 32 heavy (non-hydrogen) atoms. The first-order chi connectivity index (χ1) is 15.0. The van der Waals surface area contributed by atoms with Crippen molar-refractivity contribution < 1.29 is 15.3 Å². The van der Waals surface area contributed by atoms with E-state index in [4.69, 9.17) is 0 Å². The molecule has 3 N–H and O–H groups in total. The lowest BCUT2D eigenvalue weighted by atomic mass is 9.45. The van der Waals surface area contributed by atoms with Gasteiger partial charge in [0.15, 0.2) is 0 Å². The van der Waals surface area contributed by atoms with Gasteiger partial charge >= 0.3 is 0 Å². The molecule has 0 bridgehead atoms. The molecule has 182 valence electrons. The fraction of sp³-hybridized carbons (Fsp3) is 0.931. The van der Waals surface area contributed by atoms with Crippen LogP contribution in [0.5, 0.6) is 0 Å². The van der Waals surface area contributed by atoms with Gasteiger partial charge in [-0.05, 0) is 97.2 Å². The van der Waals surface area contributed by atoms with Crippen LogP contribution in [-0.2, 0) is 0 Å². The van der Waals surface area contributed by atoms with Crippen molar-refractivity contribution in [2.24, 2.45) is 64.1 Å². The summed E-state index contributed by atoms with van der Waals surface area (Å²) in [6.07, 6.45) is 8.04. The predicted molar refractivity (Wildman–Crippen MR) is 129 cm³/mol. The molecule has 0 saturated heterocycles. The molecule has 0 aliphatic heterocycles. The predicted octanol–water partition coefficient (Wildman–Crippen LogP) is 5.43. The molecule has 4 saturated carbocycles. The minimum Gasteiger partial charge on any atom is -0.393 e. The van der Waals surface area contributed by atoms with Crippen LogP contribution in [0.25, 0.3) is 0 Å². The summed E-state index contributed by atoms with van der Waals surface area (Å²) in [4.78, 5) is 0. The lowest BCUT2D eigenvalue weighted by Gasteiger charge is -2.61. The Morgan fingerprint density at radius 2 is 1.69 bits per heavy atom. The standard InChI is InChI=1S/C29H48O3/c1-15(2)16(3)21-13-22(21)17(4)23-9-10-24-20-8-7-18-11-19(30)12-26(32)29(18,6)27(20)25(31)14-28(23,24)5/h7,15-17,19-27,30-32H,8-14H2,1-6H3/t16-,17-,19-,20?,21?,22?,23-,24?,25-,26+,27?,28-,29-/m1/s1. The molecule has 0 spiro atoms. The van der Waals surface area contributed by atoms with E-state index in [0.717, 1.165) is 42.4 Å². The molecule has 3 heteroatoms. The summed E-state index contributed by atoms with van der Waals surface area (Å²) in [7, 11) is 0. The van der Waals surface area contributed by atoms with Gasteiger partial charge in [-0.3, -0.25) is 0 Å². The average Bonchev–Trinajstić information content (AvgIpc) is 3.43. The first-order valence-electron chi connectivity index (χ1n) is 13.7. The van der Waals surface area contributed by atoms with Crippen molar-refractivity contribution in [3.63, 3.8) is 0 Å². The van der Waals surface area contributed by atoms with Crippen molar-refractivity contribution >= 4 is 0 Å². The molecule has 0 heterocycles. The monoisotopic (exact) mass is 444 g/mol. The van der Waals surface area contributed by atoms with Crippen molar-refractivity contribution in [2.45, 2.75) is 105 Å². The zero-order valence-electron chi connectivity index (χ0n) is 21.3. The molecule has 5 unspecified atom stereocenters. The summed E-state index contributed by atoms with van der Waals surface area (Å²) in [5.74, 6) is 6.07. The summed E-state index contributed by atoms with van der Waals surface area (Å²) in [6, 6.07) is 0. The third kappa shape index (κ3) is 3.23.